The van der Waals surface area contributed by atoms with E-state index >= 15 is 0 Å². The Kier molecular flexibility index (Phi) is 4.10. The fourth-order valence-electron chi connectivity index (χ4n) is 2.59. The van der Waals surface area contributed by atoms with Gasteiger partial charge in [0, 0.05) is 14.1 Å². The first-order valence-corrected chi connectivity index (χ1v) is 7.88. The largest absolute Gasteiger partial charge is 0.416 e. The van der Waals surface area contributed by atoms with Gasteiger partial charge in [-0.05, 0) is 33.6 Å². The molecule has 3 aromatic rings. The highest BCUT2D eigenvalue weighted by Gasteiger charge is 2.30. The van der Waals surface area contributed by atoms with Crippen LogP contribution in [-0.2, 0) is 26.8 Å². The van der Waals surface area contributed by atoms with Gasteiger partial charge >= 0.3 is 11.9 Å². The van der Waals surface area contributed by atoms with E-state index < -0.39 is 23.0 Å². The fraction of sp³-hybridized carbons (Fsp3) is 0.267. The molecule has 0 fully saturated rings. The van der Waals surface area contributed by atoms with E-state index in [1.165, 1.54) is 35.4 Å². The summed E-state index contributed by atoms with van der Waals surface area (Å²) in [6.07, 6.45) is -4.45. The van der Waals surface area contributed by atoms with Gasteiger partial charge in [-0.15, -0.1) is 0 Å². The van der Waals surface area contributed by atoms with Crippen molar-refractivity contribution < 1.29 is 13.2 Å². The van der Waals surface area contributed by atoms with Gasteiger partial charge in [-0.1, -0.05) is 12.1 Å². The maximum atomic E-state index is 12.9. The average Bonchev–Trinajstić information content (AvgIpc) is 2.87. The van der Waals surface area contributed by atoms with Crippen LogP contribution < -0.4 is 11.2 Å². The smallest absolute Gasteiger partial charge is 0.308 e. The molecule has 0 atom stereocenters. The van der Waals surface area contributed by atoms with Crippen LogP contribution in [0, 0.1) is 0 Å². The zero-order chi connectivity index (χ0) is 18.5. The zero-order valence-corrected chi connectivity index (χ0v) is 14.7. The van der Waals surface area contributed by atoms with Gasteiger partial charge in [0.15, 0.2) is 15.9 Å². The second-order valence-electron chi connectivity index (χ2n) is 5.54. The topological polar surface area (TPSA) is 61.8 Å². The first kappa shape index (κ1) is 17.5. The Labute approximate surface area is 147 Å². The maximum absolute atomic E-state index is 12.9. The number of benzene rings is 1. The van der Waals surface area contributed by atoms with Crippen LogP contribution in [0.3, 0.4) is 0 Å². The summed E-state index contributed by atoms with van der Waals surface area (Å²) in [5.41, 5.74) is -1.23. The molecule has 0 aliphatic rings. The Morgan fingerprint density at radius 2 is 1.84 bits per heavy atom. The average molecular weight is 417 g/mol. The summed E-state index contributed by atoms with van der Waals surface area (Å²) in [4.78, 5) is 28.6. The molecule has 3 rings (SSSR count). The molecule has 1 aromatic carbocycles. The highest BCUT2D eigenvalue weighted by molar-refractivity contribution is 9.10. The number of aryl methyl sites for hydroxylation is 1. The van der Waals surface area contributed by atoms with Gasteiger partial charge in [0.05, 0.1) is 12.1 Å². The lowest BCUT2D eigenvalue weighted by atomic mass is 10.1. The van der Waals surface area contributed by atoms with E-state index in [0.717, 1.165) is 16.7 Å². The number of nitrogens with zero attached hydrogens (tertiary/aromatic N) is 4. The molecule has 0 aliphatic carbocycles. The van der Waals surface area contributed by atoms with Crippen molar-refractivity contribution in [3.05, 3.63) is 61.0 Å². The molecule has 2 aromatic heterocycles. The van der Waals surface area contributed by atoms with Crippen LogP contribution in [-0.4, -0.2) is 18.7 Å². The van der Waals surface area contributed by atoms with Gasteiger partial charge in [0.1, 0.15) is 0 Å². The van der Waals surface area contributed by atoms with E-state index in [2.05, 4.69) is 20.9 Å². The summed E-state index contributed by atoms with van der Waals surface area (Å²) in [6, 6.07) is 4.83. The predicted octanol–water partition coefficient (Wildman–Crippen LogP) is 2.26. The molecule has 0 saturated carbocycles. The lowest BCUT2D eigenvalue weighted by Gasteiger charge is -2.10. The van der Waals surface area contributed by atoms with Crippen LogP contribution in [0.25, 0.3) is 11.2 Å². The molecule has 0 N–H and O–H groups in total. The fourth-order valence-corrected chi connectivity index (χ4v) is 3.06. The van der Waals surface area contributed by atoms with Gasteiger partial charge in [-0.3, -0.25) is 13.9 Å². The van der Waals surface area contributed by atoms with Crippen LogP contribution in [0.15, 0.2) is 38.6 Å². The number of imidazole rings is 1. The van der Waals surface area contributed by atoms with Crippen LogP contribution in [0.5, 0.6) is 0 Å². The monoisotopic (exact) mass is 416 g/mol. The molecule has 0 aliphatic heterocycles. The normalized spacial score (nSPS) is 12.1. The van der Waals surface area contributed by atoms with E-state index in [1.807, 2.05) is 0 Å². The van der Waals surface area contributed by atoms with Gasteiger partial charge < -0.3 is 4.57 Å². The number of hydrogen-bond donors (Lipinski definition) is 0. The molecule has 132 valence electrons. The van der Waals surface area contributed by atoms with Gasteiger partial charge in [0.2, 0.25) is 0 Å². The maximum Gasteiger partial charge on any atom is 0.416 e. The van der Waals surface area contributed by atoms with Gasteiger partial charge in [0.25, 0.3) is 5.56 Å². The molecule has 0 radical (unpaired) electrons. The Morgan fingerprint density at radius 1 is 1.16 bits per heavy atom. The minimum Gasteiger partial charge on any atom is -0.308 e. The van der Waals surface area contributed by atoms with Crippen molar-refractivity contribution >= 4 is 27.1 Å². The van der Waals surface area contributed by atoms with Crippen LogP contribution in [0.2, 0.25) is 0 Å². The SMILES string of the molecule is Cn1c(=O)c2c(nc(Br)n2Cc2cccc(C(F)(F)F)c2)n(C)c1=O. The molecule has 0 bridgehead atoms. The van der Waals surface area contributed by atoms with Crippen molar-refractivity contribution in [1.29, 1.82) is 0 Å². The van der Waals surface area contributed by atoms with Crippen LogP contribution in [0.4, 0.5) is 13.2 Å². The van der Waals surface area contributed by atoms with Crippen molar-refractivity contribution in [2.75, 3.05) is 0 Å². The molecule has 2 heterocycles. The summed E-state index contributed by atoms with van der Waals surface area (Å²) in [5.74, 6) is 0. The predicted molar refractivity (Wildman–Crippen MR) is 88.5 cm³/mol. The Bertz CT molecular complexity index is 1100. The summed E-state index contributed by atoms with van der Waals surface area (Å²) in [5, 5.41) is 0. The summed E-state index contributed by atoms with van der Waals surface area (Å²) in [6.45, 7) is -0.00551. The minimum atomic E-state index is -4.45. The van der Waals surface area contributed by atoms with Crippen molar-refractivity contribution in [3.63, 3.8) is 0 Å². The third-order valence-electron chi connectivity index (χ3n) is 3.90. The van der Waals surface area contributed by atoms with E-state index in [0.29, 0.717) is 5.56 Å². The molecule has 0 amide bonds. The number of halogens is 4. The molecule has 25 heavy (non-hydrogen) atoms. The third-order valence-corrected chi connectivity index (χ3v) is 4.50. The first-order valence-electron chi connectivity index (χ1n) is 7.09. The van der Waals surface area contributed by atoms with E-state index in [4.69, 9.17) is 0 Å². The molecule has 6 nitrogen and oxygen atoms in total. The molecule has 0 spiro atoms. The lowest BCUT2D eigenvalue weighted by Crippen LogP contribution is -2.37. The second kappa shape index (κ2) is 5.87. The standard InChI is InChI=1S/C15H12BrF3N4O2/c1-21-11-10(12(24)22(2)14(21)25)23(13(16)20-11)7-8-4-3-5-9(6-8)15(17,18)19/h3-6H,7H2,1-2H3. The zero-order valence-electron chi connectivity index (χ0n) is 13.1. The number of aromatic nitrogens is 4. The summed E-state index contributed by atoms with van der Waals surface area (Å²) >= 11 is 3.21. The number of rotatable bonds is 2. The minimum absolute atomic E-state index is 0.00551. The van der Waals surface area contributed by atoms with Gasteiger partial charge in [-0.25, -0.2) is 9.78 Å². The van der Waals surface area contributed by atoms with Crippen molar-refractivity contribution in [2.24, 2.45) is 14.1 Å². The quantitative estimate of drug-likeness (QED) is 0.602. The Morgan fingerprint density at radius 3 is 2.48 bits per heavy atom. The molecular weight excluding hydrogens is 405 g/mol. The highest BCUT2D eigenvalue weighted by Crippen LogP contribution is 2.30. The van der Waals surface area contributed by atoms with Crippen molar-refractivity contribution in [3.8, 4) is 0 Å². The lowest BCUT2D eigenvalue weighted by molar-refractivity contribution is -0.137. The number of hydrogen-bond acceptors (Lipinski definition) is 3. The van der Waals surface area contributed by atoms with Crippen LogP contribution >= 0.6 is 15.9 Å². The van der Waals surface area contributed by atoms with Gasteiger partial charge in [-0.2, -0.15) is 13.2 Å². The first-order chi connectivity index (χ1) is 11.6. The highest BCUT2D eigenvalue weighted by atomic mass is 79.9. The number of fused-ring (bicyclic) bond motifs is 1. The van der Waals surface area contributed by atoms with Crippen molar-refractivity contribution in [2.45, 2.75) is 12.7 Å². The Balaban J connectivity index is 2.20. The summed E-state index contributed by atoms with van der Waals surface area (Å²) in [7, 11) is 2.80. The van der Waals surface area contributed by atoms with Crippen LogP contribution in [0.1, 0.15) is 11.1 Å². The number of alkyl halides is 3. The van der Waals surface area contributed by atoms with E-state index in [1.54, 1.807) is 0 Å². The summed E-state index contributed by atoms with van der Waals surface area (Å²) < 4.78 is 42.4. The third kappa shape index (κ3) is 2.90. The molecule has 0 saturated heterocycles. The Hall–Kier alpha value is -2.36. The molecule has 0 unspecified atom stereocenters. The van der Waals surface area contributed by atoms with Crippen molar-refractivity contribution in [1.82, 2.24) is 18.7 Å². The second-order valence-corrected chi connectivity index (χ2v) is 6.25. The van der Waals surface area contributed by atoms with E-state index in [-0.39, 0.29) is 22.4 Å². The molecule has 10 heteroatoms. The molecular formula is C15H12BrF3N4O2. The van der Waals surface area contributed by atoms with E-state index in [9.17, 15) is 22.8 Å².